The van der Waals surface area contributed by atoms with Crippen molar-refractivity contribution >= 4 is 41.8 Å². The van der Waals surface area contributed by atoms with Crippen molar-refractivity contribution < 1.29 is 9.59 Å². The van der Waals surface area contributed by atoms with Gasteiger partial charge < -0.3 is 20.0 Å². The summed E-state index contributed by atoms with van der Waals surface area (Å²) in [6.07, 6.45) is 6.77. The average molecular weight is 550 g/mol. The highest BCUT2D eigenvalue weighted by molar-refractivity contribution is 14.0. The Morgan fingerprint density at radius 2 is 1.61 bits per heavy atom. The third-order valence-electron chi connectivity index (χ3n) is 6.09. The molecule has 0 aromatic carbocycles. The van der Waals surface area contributed by atoms with Gasteiger partial charge in [-0.25, -0.2) is 0 Å². The molecule has 7 nitrogen and oxygen atoms in total. The van der Waals surface area contributed by atoms with Crippen LogP contribution in [-0.2, 0) is 9.59 Å². The zero-order valence-electron chi connectivity index (χ0n) is 20.1. The zero-order chi connectivity index (χ0) is 21.9. The summed E-state index contributed by atoms with van der Waals surface area (Å²) in [4.78, 5) is 35.2. The van der Waals surface area contributed by atoms with E-state index < -0.39 is 0 Å². The van der Waals surface area contributed by atoms with Gasteiger partial charge in [-0.2, -0.15) is 0 Å². The van der Waals surface area contributed by atoms with Crippen molar-refractivity contribution in [1.82, 2.24) is 20.0 Å². The molecule has 0 aromatic rings. The van der Waals surface area contributed by atoms with Crippen LogP contribution in [0.1, 0.15) is 65.7 Å². The lowest BCUT2D eigenvalue weighted by atomic mass is 10.0. The molecule has 31 heavy (non-hydrogen) atoms. The predicted octanol–water partition coefficient (Wildman–Crippen LogP) is 3.19. The molecule has 2 fully saturated rings. The molecule has 0 radical (unpaired) electrons. The van der Waals surface area contributed by atoms with Gasteiger partial charge in [-0.3, -0.25) is 14.6 Å². The Bertz CT molecular complexity index is 576. The molecule has 0 spiro atoms. The zero-order valence-corrected chi connectivity index (χ0v) is 22.4. The highest BCUT2D eigenvalue weighted by atomic mass is 127. The summed E-state index contributed by atoms with van der Waals surface area (Å²) in [5.74, 6) is 2.59. The lowest BCUT2D eigenvalue weighted by Crippen LogP contribution is -2.50. The van der Waals surface area contributed by atoms with Crippen LogP contribution in [0.15, 0.2) is 4.99 Å². The number of nitrogens with zero attached hydrogens (tertiary/aromatic N) is 4. The van der Waals surface area contributed by atoms with Gasteiger partial charge in [0, 0.05) is 65.7 Å². The Kier molecular flexibility index (Phi) is 13.4. The Balaban J connectivity index is 0.00000480. The van der Waals surface area contributed by atoms with E-state index in [1.807, 2.05) is 16.8 Å². The molecule has 180 valence electrons. The first-order valence-electron chi connectivity index (χ1n) is 11.9. The number of carbonyl (C=O) groups excluding carboxylic acids is 2. The topological polar surface area (TPSA) is 68.2 Å². The summed E-state index contributed by atoms with van der Waals surface area (Å²) in [6.45, 7) is 12.2. The SMILES string of the molecule is CN=C(NCCCCCC(=O)N1CCN(C(=O)CC(C)C)CC1)N1CCCC(C)C1.I. The number of guanidine groups is 1. The normalized spacial score (nSPS) is 20.0. The molecule has 2 rings (SSSR count). The Morgan fingerprint density at radius 3 is 2.19 bits per heavy atom. The molecule has 2 amide bonds. The van der Waals surface area contributed by atoms with Crippen molar-refractivity contribution in [2.45, 2.75) is 65.7 Å². The number of halogens is 1. The molecule has 2 heterocycles. The predicted molar refractivity (Wildman–Crippen MR) is 138 cm³/mol. The third kappa shape index (κ3) is 9.95. The summed E-state index contributed by atoms with van der Waals surface area (Å²) >= 11 is 0. The second-order valence-corrected chi connectivity index (χ2v) is 9.34. The maximum absolute atomic E-state index is 12.5. The van der Waals surface area contributed by atoms with E-state index in [4.69, 9.17) is 0 Å². The summed E-state index contributed by atoms with van der Waals surface area (Å²) in [6, 6.07) is 0. The average Bonchev–Trinajstić information content (AvgIpc) is 2.72. The van der Waals surface area contributed by atoms with Crippen LogP contribution in [0.5, 0.6) is 0 Å². The van der Waals surface area contributed by atoms with Gasteiger partial charge in [0.25, 0.3) is 0 Å². The first-order valence-corrected chi connectivity index (χ1v) is 11.9. The number of carbonyl (C=O) groups is 2. The molecule has 1 atom stereocenters. The molecule has 8 heteroatoms. The minimum atomic E-state index is 0. The summed E-state index contributed by atoms with van der Waals surface area (Å²) in [7, 11) is 1.86. The molecule has 0 bridgehead atoms. The fourth-order valence-electron chi connectivity index (χ4n) is 4.33. The van der Waals surface area contributed by atoms with Gasteiger partial charge in [0.1, 0.15) is 0 Å². The van der Waals surface area contributed by atoms with E-state index in [-0.39, 0.29) is 35.8 Å². The number of piperidine rings is 1. The fourth-order valence-corrected chi connectivity index (χ4v) is 4.33. The molecule has 0 saturated carbocycles. The largest absolute Gasteiger partial charge is 0.356 e. The number of nitrogens with one attached hydrogen (secondary N) is 1. The molecule has 2 aliphatic heterocycles. The number of aliphatic imine (C=N–C) groups is 1. The first-order chi connectivity index (χ1) is 14.4. The van der Waals surface area contributed by atoms with Crippen molar-refractivity contribution in [2.75, 3.05) is 52.9 Å². The van der Waals surface area contributed by atoms with Crippen LogP contribution in [0.3, 0.4) is 0 Å². The Morgan fingerprint density at radius 1 is 0.968 bits per heavy atom. The van der Waals surface area contributed by atoms with Crippen LogP contribution >= 0.6 is 24.0 Å². The van der Waals surface area contributed by atoms with Gasteiger partial charge in [-0.1, -0.05) is 27.2 Å². The van der Waals surface area contributed by atoms with Gasteiger partial charge in [0.05, 0.1) is 0 Å². The van der Waals surface area contributed by atoms with E-state index in [9.17, 15) is 9.59 Å². The summed E-state index contributed by atoms with van der Waals surface area (Å²) < 4.78 is 0. The highest BCUT2D eigenvalue weighted by Gasteiger charge is 2.24. The Labute approximate surface area is 206 Å². The number of rotatable bonds is 8. The number of hydrogen-bond acceptors (Lipinski definition) is 3. The number of amides is 2. The number of likely N-dealkylation sites (tertiary alicyclic amines) is 1. The van der Waals surface area contributed by atoms with Crippen molar-refractivity contribution in [1.29, 1.82) is 0 Å². The van der Waals surface area contributed by atoms with Crippen LogP contribution in [0.2, 0.25) is 0 Å². The van der Waals surface area contributed by atoms with E-state index in [0.717, 1.165) is 50.8 Å². The van der Waals surface area contributed by atoms with Crippen LogP contribution in [0, 0.1) is 11.8 Å². The van der Waals surface area contributed by atoms with Crippen LogP contribution in [-0.4, -0.2) is 85.3 Å². The highest BCUT2D eigenvalue weighted by Crippen LogP contribution is 2.15. The van der Waals surface area contributed by atoms with Gasteiger partial charge in [-0.15, -0.1) is 24.0 Å². The molecule has 0 aliphatic carbocycles. The molecule has 1 unspecified atom stereocenters. The summed E-state index contributed by atoms with van der Waals surface area (Å²) in [5, 5.41) is 3.48. The number of unbranched alkanes of at least 4 members (excludes halogenated alkanes) is 2. The molecule has 1 N–H and O–H groups in total. The monoisotopic (exact) mass is 549 g/mol. The molecular formula is C23H44IN5O2. The number of hydrogen-bond donors (Lipinski definition) is 1. The second-order valence-electron chi connectivity index (χ2n) is 9.34. The maximum Gasteiger partial charge on any atom is 0.222 e. The van der Waals surface area contributed by atoms with Gasteiger partial charge in [0.2, 0.25) is 11.8 Å². The minimum Gasteiger partial charge on any atom is -0.356 e. The molecular weight excluding hydrogens is 505 g/mol. The maximum atomic E-state index is 12.5. The van der Waals surface area contributed by atoms with Crippen molar-refractivity contribution in [3.05, 3.63) is 0 Å². The molecule has 2 aliphatic rings. The van der Waals surface area contributed by atoms with Crippen LogP contribution < -0.4 is 5.32 Å². The van der Waals surface area contributed by atoms with E-state index in [0.29, 0.717) is 44.9 Å². The van der Waals surface area contributed by atoms with E-state index in [1.54, 1.807) is 0 Å². The first kappa shape index (κ1) is 28.0. The van der Waals surface area contributed by atoms with Gasteiger partial charge in [0.15, 0.2) is 5.96 Å². The standard InChI is InChI=1S/C23H43N5O2.HI/c1-19(2)17-22(30)27-15-13-26(14-16-27)21(29)10-6-5-7-11-25-23(24-4)28-12-8-9-20(3)18-28;/h19-20H,5-18H2,1-4H3,(H,24,25);1H. The van der Waals surface area contributed by atoms with Crippen LogP contribution in [0.4, 0.5) is 0 Å². The van der Waals surface area contributed by atoms with E-state index in [1.165, 1.54) is 12.8 Å². The van der Waals surface area contributed by atoms with Gasteiger partial charge in [-0.05, 0) is 37.5 Å². The molecule has 0 aromatic heterocycles. The molecule has 2 saturated heterocycles. The summed E-state index contributed by atoms with van der Waals surface area (Å²) in [5.41, 5.74) is 0. The van der Waals surface area contributed by atoms with E-state index >= 15 is 0 Å². The van der Waals surface area contributed by atoms with Crippen molar-refractivity contribution in [2.24, 2.45) is 16.8 Å². The minimum absolute atomic E-state index is 0. The smallest absolute Gasteiger partial charge is 0.222 e. The second kappa shape index (κ2) is 14.9. The lowest BCUT2D eigenvalue weighted by Gasteiger charge is -2.35. The fraction of sp³-hybridized carbons (Fsp3) is 0.870. The van der Waals surface area contributed by atoms with Gasteiger partial charge >= 0.3 is 0 Å². The van der Waals surface area contributed by atoms with Crippen LogP contribution in [0.25, 0.3) is 0 Å². The Hall–Kier alpha value is -1.06. The third-order valence-corrected chi connectivity index (χ3v) is 6.09. The van der Waals surface area contributed by atoms with Crippen molar-refractivity contribution in [3.63, 3.8) is 0 Å². The quantitative estimate of drug-likeness (QED) is 0.219. The number of piperazine rings is 1. The van der Waals surface area contributed by atoms with Crippen molar-refractivity contribution in [3.8, 4) is 0 Å². The van der Waals surface area contributed by atoms with E-state index in [2.05, 4.69) is 36.0 Å². The lowest BCUT2D eigenvalue weighted by molar-refractivity contribution is -0.140.